The zero-order valence-corrected chi connectivity index (χ0v) is 18.1. The Morgan fingerprint density at radius 2 is 1.52 bits per heavy atom. The highest BCUT2D eigenvalue weighted by atomic mass is 14.9. The van der Waals surface area contributed by atoms with Crippen molar-refractivity contribution < 1.29 is 5.94 Å². The third-order valence-electron chi connectivity index (χ3n) is 6.02. The second kappa shape index (κ2) is 7.81. The Morgan fingerprint density at radius 3 is 2.29 bits per heavy atom. The van der Waals surface area contributed by atoms with Crippen LogP contribution in [0, 0.1) is 13.8 Å². The van der Waals surface area contributed by atoms with E-state index in [1.807, 2.05) is 25.3 Å². The SMILES string of the molecule is [2H]c1c(C)[n+](C)c(-c2cc(-c3cccnc3)ccc2C)c2ccc(-c3ccccc3)cc12. The Bertz CT molecular complexity index is 1440. The number of nitrogens with zero attached hydrogens (tertiary/aromatic N) is 2. The number of benzene rings is 3. The van der Waals surface area contributed by atoms with Crippen molar-refractivity contribution in [2.75, 3.05) is 0 Å². The number of aromatic nitrogens is 2. The Labute approximate surface area is 184 Å². The maximum atomic E-state index is 8.85. The Hall–Kier alpha value is -3.78. The second-order valence-electron chi connectivity index (χ2n) is 8.02. The summed E-state index contributed by atoms with van der Waals surface area (Å²) in [7, 11) is 2.06. The van der Waals surface area contributed by atoms with Crippen LogP contribution in [0.4, 0.5) is 0 Å². The Morgan fingerprint density at radius 1 is 0.774 bits per heavy atom. The molecule has 0 atom stereocenters. The highest BCUT2D eigenvalue weighted by molar-refractivity contribution is 5.96. The first-order valence-corrected chi connectivity index (χ1v) is 10.5. The lowest BCUT2D eigenvalue weighted by Crippen LogP contribution is -2.35. The predicted molar refractivity (Wildman–Crippen MR) is 129 cm³/mol. The predicted octanol–water partition coefficient (Wildman–Crippen LogP) is 6.68. The van der Waals surface area contributed by atoms with Crippen molar-refractivity contribution in [1.29, 1.82) is 0 Å². The molecule has 0 unspecified atom stereocenters. The van der Waals surface area contributed by atoms with Gasteiger partial charge < -0.3 is 0 Å². The average Bonchev–Trinajstić information content (AvgIpc) is 2.85. The minimum atomic E-state index is 0.574. The van der Waals surface area contributed by atoms with Crippen molar-refractivity contribution >= 4 is 10.8 Å². The number of rotatable bonds is 3. The molecule has 2 nitrogen and oxygen atoms in total. The van der Waals surface area contributed by atoms with Gasteiger partial charge in [-0.15, -0.1) is 0 Å². The molecule has 5 aromatic rings. The van der Waals surface area contributed by atoms with Crippen LogP contribution in [-0.2, 0) is 7.05 Å². The van der Waals surface area contributed by atoms with Gasteiger partial charge in [-0.1, -0.05) is 54.6 Å². The standard InChI is InChI=1S/C29H25N2/c1-20-11-12-24(25-10-7-15-30-19-25)18-28(20)29-27-14-13-23(22-8-5-4-6-9-22)17-26(27)16-21(2)31(29)3/h4-19H,1-3H3/q+1/i16D. The monoisotopic (exact) mass is 402 g/mol. The van der Waals surface area contributed by atoms with E-state index in [2.05, 4.69) is 90.3 Å². The number of hydrogen-bond donors (Lipinski definition) is 0. The van der Waals surface area contributed by atoms with Crippen molar-refractivity contribution in [3.63, 3.8) is 0 Å². The van der Waals surface area contributed by atoms with Crippen molar-refractivity contribution in [3.8, 4) is 33.5 Å². The summed E-state index contributed by atoms with van der Waals surface area (Å²) in [6.45, 7) is 4.18. The normalized spacial score (nSPS) is 11.5. The van der Waals surface area contributed by atoms with E-state index in [1.54, 1.807) is 6.20 Å². The molecule has 2 heterocycles. The topological polar surface area (TPSA) is 16.8 Å². The smallest absolute Gasteiger partial charge is 0.220 e. The van der Waals surface area contributed by atoms with Gasteiger partial charge in [-0.3, -0.25) is 4.98 Å². The molecule has 2 heteroatoms. The summed E-state index contributed by atoms with van der Waals surface area (Å²) in [6.07, 6.45) is 3.70. The summed E-state index contributed by atoms with van der Waals surface area (Å²) in [5.41, 5.74) is 9.00. The number of hydrogen-bond acceptors (Lipinski definition) is 1. The van der Waals surface area contributed by atoms with Crippen LogP contribution < -0.4 is 4.57 Å². The van der Waals surface area contributed by atoms with E-state index in [-0.39, 0.29) is 0 Å². The Balaban J connectivity index is 1.78. The van der Waals surface area contributed by atoms with Crippen LogP contribution in [0.3, 0.4) is 0 Å². The lowest BCUT2D eigenvalue weighted by molar-refractivity contribution is -0.665. The molecule has 3 aromatic carbocycles. The van der Waals surface area contributed by atoms with Crippen LogP contribution in [0.15, 0.2) is 97.3 Å². The van der Waals surface area contributed by atoms with Crippen LogP contribution in [0.2, 0.25) is 0 Å². The molecule has 5 rings (SSSR count). The van der Waals surface area contributed by atoms with E-state index in [9.17, 15) is 0 Å². The quantitative estimate of drug-likeness (QED) is 0.308. The summed E-state index contributed by atoms with van der Waals surface area (Å²) in [6, 6.07) is 28.0. The third kappa shape index (κ3) is 3.51. The van der Waals surface area contributed by atoms with E-state index in [4.69, 9.17) is 1.37 Å². The summed E-state index contributed by atoms with van der Waals surface area (Å²) >= 11 is 0. The maximum absolute atomic E-state index is 8.85. The van der Waals surface area contributed by atoms with Gasteiger partial charge in [0.05, 0.1) is 12.3 Å². The van der Waals surface area contributed by atoms with Gasteiger partial charge in [0.1, 0.15) is 7.05 Å². The molecule has 0 fully saturated rings. The lowest BCUT2D eigenvalue weighted by atomic mass is 9.93. The molecule has 31 heavy (non-hydrogen) atoms. The van der Waals surface area contributed by atoms with Crippen molar-refractivity contribution in [3.05, 3.63) is 109 Å². The fourth-order valence-corrected chi connectivity index (χ4v) is 4.21. The molecule has 0 saturated heterocycles. The summed E-state index contributed by atoms with van der Waals surface area (Å²) in [4.78, 5) is 4.29. The van der Waals surface area contributed by atoms with Crippen molar-refractivity contribution in [2.45, 2.75) is 13.8 Å². The van der Waals surface area contributed by atoms with E-state index in [0.29, 0.717) is 6.04 Å². The molecule has 150 valence electrons. The first kappa shape index (κ1) is 18.0. The molecule has 2 aromatic heterocycles. The summed E-state index contributed by atoms with van der Waals surface area (Å²) < 4.78 is 11.0. The van der Waals surface area contributed by atoms with Crippen LogP contribution in [0.5, 0.6) is 0 Å². The third-order valence-corrected chi connectivity index (χ3v) is 6.02. The Kier molecular flexibility index (Phi) is 4.54. The first-order chi connectivity index (χ1) is 15.5. The molecule has 0 aliphatic heterocycles. The lowest BCUT2D eigenvalue weighted by Gasteiger charge is -2.13. The molecule has 0 saturated carbocycles. The minimum Gasteiger partial charge on any atom is -0.264 e. The van der Waals surface area contributed by atoms with E-state index in [1.165, 1.54) is 11.1 Å². The van der Waals surface area contributed by atoms with Crippen LogP contribution in [0.1, 0.15) is 12.6 Å². The van der Waals surface area contributed by atoms with Crippen molar-refractivity contribution in [1.82, 2.24) is 4.98 Å². The average molecular weight is 403 g/mol. The number of fused-ring (bicyclic) bond motifs is 1. The van der Waals surface area contributed by atoms with Gasteiger partial charge in [0.2, 0.25) is 5.69 Å². The molecule has 0 radical (unpaired) electrons. The van der Waals surface area contributed by atoms with Crippen molar-refractivity contribution in [2.24, 2.45) is 7.05 Å². The van der Waals surface area contributed by atoms with Gasteiger partial charge in [-0.25, -0.2) is 0 Å². The highest BCUT2D eigenvalue weighted by Crippen LogP contribution is 2.34. The maximum Gasteiger partial charge on any atom is 0.220 e. The van der Waals surface area contributed by atoms with Crippen LogP contribution in [0.25, 0.3) is 44.3 Å². The van der Waals surface area contributed by atoms with Gasteiger partial charge in [-0.2, -0.15) is 4.57 Å². The van der Waals surface area contributed by atoms with E-state index < -0.39 is 0 Å². The number of aryl methyl sites for hydroxylation is 1. The first-order valence-electron chi connectivity index (χ1n) is 11.0. The number of pyridine rings is 2. The molecular weight excluding hydrogens is 376 g/mol. The van der Waals surface area contributed by atoms with Gasteiger partial charge in [-0.05, 0) is 58.8 Å². The largest absolute Gasteiger partial charge is 0.264 e. The minimum absolute atomic E-state index is 0.574. The molecule has 0 amide bonds. The zero-order valence-electron chi connectivity index (χ0n) is 19.1. The van der Waals surface area contributed by atoms with E-state index in [0.717, 1.165) is 44.4 Å². The molecular formula is C29H25N2+. The fraction of sp³-hybridized carbons (Fsp3) is 0.103. The van der Waals surface area contributed by atoms with Gasteiger partial charge >= 0.3 is 0 Å². The second-order valence-corrected chi connectivity index (χ2v) is 8.02. The fourth-order valence-electron chi connectivity index (χ4n) is 4.21. The van der Waals surface area contributed by atoms with E-state index >= 15 is 0 Å². The van der Waals surface area contributed by atoms with Gasteiger partial charge in [0, 0.05) is 30.9 Å². The summed E-state index contributed by atoms with van der Waals surface area (Å²) in [5.74, 6) is 0. The molecule has 0 aliphatic carbocycles. The molecule has 0 spiro atoms. The summed E-state index contributed by atoms with van der Waals surface area (Å²) in [5, 5.41) is 2.07. The van der Waals surface area contributed by atoms with Gasteiger partial charge in [0.25, 0.3) is 0 Å². The molecule has 0 aliphatic rings. The van der Waals surface area contributed by atoms with Crippen LogP contribution in [-0.4, -0.2) is 4.98 Å². The molecule has 0 bridgehead atoms. The van der Waals surface area contributed by atoms with Gasteiger partial charge in [0.15, 0.2) is 5.69 Å². The van der Waals surface area contributed by atoms with Crippen LogP contribution >= 0.6 is 0 Å². The highest BCUT2D eigenvalue weighted by Gasteiger charge is 2.20. The zero-order chi connectivity index (χ0) is 22.2. The molecule has 0 N–H and O–H groups in total.